The quantitative estimate of drug-likeness (QED) is 0.360. The first-order chi connectivity index (χ1) is 11.9. The van der Waals surface area contributed by atoms with E-state index in [1.165, 1.54) is 0 Å². The molecule has 0 radical (unpaired) electrons. The maximum Gasteiger partial charge on any atom is 0.0701 e. The van der Waals surface area contributed by atoms with Crippen molar-refractivity contribution in [1.82, 2.24) is 9.97 Å². The summed E-state index contributed by atoms with van der Waals surface area (Å²) in [5, 5.41) is 0. The van der Waals surface area contributed by atoms with Crippen LogP contribution in [0.2, 0.25) is 0 Å². The normalized spacial score (nSPS) is 9.28. The van der Waals surface area contributed by atoms with Gasteiger partial charge in [0.25, 0.3) is 0 Å². The molecule has 0 aliphatic heterocycles. The zero-order chi connectivity index (χ0) is 16.5. The van der Waals surface area contributed by atoms with Crippen molar-refractivity contribution in [2.24, 2.45) is 0 Å². The van der Waals surface area contributed by atoms with E-state index < -0.39 is 0 Å². The monoisotopic (exact) mass is 505 g/mol. The fourth-order valence-corrected chi connectivity index (χ4v) is 2.28. The first-order valence-corrected chi connectivity index (χ1v) is 7.86. The van der Waals surface area contributed by atoms with Crippen molar-refractivity contribution in [2.45, 2.75) is 0 Å². The predicted molar refractivity (Wildman–Crippen MR) is 99.3 cm³/mol. The second-order valence-corrected chi connectivity index (χ2v) is 5.16. The van der Waals surface area contributed by atoms with Gasteiger partial charge in [-0.15, -0.1) is 0 Å². The molecule has 4 rings (SSSR count). The van der Waals surface area contributed by atoms with Gasteiger partial charge in [0.15, 0.2) is 0 Å². The van der Waals surface area contributed by atoms with Crippen LogP contribution in [-0.4, -0.2) is 9.97 Å². The van der Waals surface area contributed by atoms with Crippen LogP contribution in [0.5, 0.6) is 0 Å². The number of hydrogen-bond acceptors (Lipinski definition) is 2. The minimum absolute atomic E-state index is 0. The Kier molecular flexibility index (Phi) is 7.75. The van der Waals surface area contributed by atoms with E-state index in [1.807, 2.05) is 85.2 Å². The first kappa shape index (κ1) is 18.8. The van der Waals surface area contributed by atoms with E-state index in [-0.39, 0.29) is 21.1 Å². The summed E-state index contributed by atoms with van der Waals surface area (Å²) in [4.78, 5) is 8.50. The number of nitrogens with zero attached hydrogens (tertiary/aromatic N) is 2. The van der Waals surface area contributed by atoms with Crippen molar-refractivity contribution in [3.63, 3.8) is 0 Å². The molecule has 0 fully saturated rings. The Morgan fingerprint density at radius 2 is 0.760 bits per heavy atom. The molecule has 2 nitrogen and oxygen atoms in total. The van der Waals surface area contributed by atoms with E-state index in [4.69, 9.17) is 0 Å². The van der Waals surface area contributed by atoms with Crippen LogP contribution in [0.25, 0.3) is 22.5 Å². The number of hydrogen-bond donors (Lipinski definition) is 0. The van der Waals surface area contributed by atoms with E-state index in [9.17, 15) is 0 Å². The van der Waals surface area contributed by atoms with Crippen molar-refractivity contribution in [2.75, 3.05) is 0 Å². The molecule has 0 aliphatic carbocycles. The zero-order valence-corrected chi connectivity index (χ0v) is 15.9. The summed E-state index contributed by atoms with van der Waals surface area (Å²) in [6.45, 7) is 0. The van der Waals surface area contributed by atoms with Gasteiger partial charge in [0.05, 0.1) is 11.4 Å². The molecule has 0 N–H and O–H groups in total. The summed E-state index contributed by atoms with van der Waals surface area (Å²) in [5.74, 6) is 0. The molecule has 4 aromatic rings. The molecule has 2 aromatic heterocycles. The molecule has 0 aliphatic rings. The van der Waals surface area contributed by atoms with Crippen LogP contribution in [0.1, 0.15) is 0 Å². The van der Waals surface area contributed by atoms with Gasteiger partial charge < -0.3 is 0 Å². The van der Waals surface area contributed by atoms with Gasteiger partial charge >= 0.3 is 0 Å². The maximum absolute atomic E-state index is 4.25. The van der Waals surface area contributed by atoms with Crippen LogP contribution < -0.4 is 0 Å². The summed E-state index contributed by atoms with van der Waals surface area (Å²) in [5.41, 5.74) is 4.38. The molecular formula is C22H18N2Pt. The molecule has 2 aromatic carbocycles. The third kappa shape index (κ3) is 5.77. The van der Waals surface area contributed by atoms with Crippen molar-refractivity contribution in [3.05, 3.63) is 109 Å². The van der Waals surface area contributed by atoms with Gasteiger partial charge in [-0.25, -0.2) is 0 Å². The second-order valence-electron chi connectivity index (χ2n) is 5.16. The first-order valence-electron chi connectivity index (χ1n) is 7.86. The molecule has 126 valence electrons. The van der Waals surface area contributed by atoms with Gasteiger partial charge in [-0.3, -0.25) is 9.97 Å². The third-order valence-corrected chi connectivity index (χ3v) is 3.47. The minimum atomic E-state index is 0. The Hall–Kier alpha value is -2.57. The molecular weight excluding hydrogens is 487 g/mol. The van der Waals surface area contributed by atoms with E-state index in [2.05, 4.69) is 34.2 Å². The topological polar surface area (TPSA) is 25.8 Å². The molecule has 25 heavy (non-hydrogen) atoms. The van der Waals surface area contributed by atoms with Gasteiger partial charge in [0, 0.05) is 44.6 Å². The van der Waals surface area contributed by atoms with Crippen molar-refractivity contribution >= 4 is 0 Å². The number of pyridine rings is 2. The van der Waals surface area contributed by atoms with Crippen molar-refractivity contribution in [1.29, 1.82) is 0 Å². The van der Waals surface area contributed by atoms with Gasteiger partial charge in [0.2, 0.25) is 0 Å². The molecule has 0 atom stereocenters. The van der Waals surface area contributed by atoms with Crippen LogP contribution in [0, 0.1) is 0 Å². The Balaban J connectivity index is 0.000000173. The molecule has 0 spiro atoms. The van der Waals surface area contributed by atoms with Gasteiger partial charge in [-0.05, 0) is 24.3 Å². The van der Waals surface area contributed by atoms with Crippen LogP contribution >= 0.6 is 0 Å². The number of aromatic nitrogens is 2. The Bertz CT molecular complexity index is 686. The molecule has 0 unspecified atom stereocenters. The van der Waals surface area contributed by atoms with Gasteiger partial charge in [0.1, 0.15) is 0 Å². The summed E-state index contributed by atoms with van der Waals surface area (Å²) in [6, 6.07) is 32.2. The molecule has 0 saturated carbocycles. The van der Waals surface area contributed by atoms with Crippen LogP contribution in [-0.2, 0) is 21.1 Å². The molecule has 0 amide bonds. The second kappa shape index (κ2) is 10.3. The fraction of sp³-hybridized carbons (Fsp3) is 0. The molecule has 2 heterocycles. The summed E-state index contributed by atoms with van der Waals surface area (Å²) in [7, 11) is 0. The van der Waals surface area contributed by atoms with Gasteiger partial charge in [-0.1, -0.05) is 72.8 Å². The standard InChI is InChI=1S/2C11H9N.Pt/c2*1-2-6-10(7-3-1)11-8-4-5-9-12-11;/h2*1-9H;. The van der Waals surface area contributed by atoms with E-state index >= 15 is 0 Å². The Morgan fingerprint density at radius 3 is 1.08 bits per heavy atom. The third-order valence-electron chi connectivity index (χ3n) is 3.47. The van der Waals surface area contributed by atoms with E-state index in [1.54, 1.807) is 0 Å². The van der Waals surface area contributed by atoms with Gasteiger partial charge in [-0.2, -0.15) is 0 Å². The summed E-state index contributed by atoms with van der Waals surface area (Å²) in [6.07, 6.45) is 3.62. The summed E-state index contributed by atoms with van der Waals surface area (Å²) < 4.78 is 0. The van der Waals surface area contributed by atoms with Crippen molar-refractivity contribution < 1.29 is 21.1 Å². The average Bonchev–Trinajstić information content (AvgIpc) is 2.71. The SMILES string of the molecule is [Pt].c1ccc(-c2ccccn2)cc1.c1ccc(-c2ccccn2)cc1. The average molecular weight is 505 g/mol. The van der Waals surface area contributed by atoms with Crippen LogP contribution in [0.4, 0.5) is 0 Å². The molecule has 0 bridgehead atoms. The Morgan fingerprint density at radius 1 is 0.400 bits per heavy atom. The summed E-state index contributed by atoms with van der Waals surface area (Å²) >= 11 is 0. The zero-order valence-electron chi connectivity index (χ0n) is 13.6. The smallest absolute Gasteiger partial charge is 0.0701 e. The molecule has 0 saturated heterocycles. The van der Waals surface area contributed by atoms with Crippen molar-refractivity contribution in [3.8, 4) is 22.5 Å². The molecule has 3 heteroatoms. The number of benzene rings is 2. The van der Waals surface area contributed by atoms with E-state index in [0.29, 0.717) is 0 Å². The fourth-order valence-electron chi connectivity index (χ4n) is 2.28. The largest absolute Gasteiger partial charge is 0.256 e. The number of rotatable bonds is 2. The Labute approximate surface area is 162 Å². The van der Waals surface area contributed by atoms with Crippen LogP contribution in [0.3, 0.4) is 0 Å². The maximum atomic E-state index is 4.25. The minimum Gasteiger partial charge on any atom is -0.256 e. The predicted octanol–water partition coefficient (Wildman–Crippen LogP) is 5.49. The van der Waals surface area contributed by atoms with E-state index in [0.717, 1.165) is 22.5 Å². The van der Waals surface area contributed by atoms with Crippen LogP contribution in [0.15, 0.2) is 109 Å².